The summed E-state index contributed by atoms with van der Waals surface area (Å²) in [4.78, 5) is 3.80. The fraction of sp³-hybridized carbons (Fsp3) is 0. The number of nitrogens with zero attached hydrogens (tertiary/aromatic N) is 4. The van der Waals surface area contributed by atoms with E-state index in [2.05, 4.69) is 15.2 Å². The predicted molar refractivity (Wildman–Crippen MR) is 35.8 cm³/mol. The topological polar surface area (TPSA) is 43.1 Å². The van der Waals surface area contributed by atoms with Crippen molar-refractivity contribution in [3.05, 3.63) is 23.6 Å². The summed E-state index contributed by atoms with van der Waals surface area (Å²) < 4.78 is 8.60. The van der Waals surface area contributed by atoms with Gasteiger partial charge in [-0.25, -0.2) is 4.98 Å². The van der Waals surface area contributed by atoms with E-state index >= 15 is 0 Å². The molecule has 0 fully saturated rings. The molecule has 0 saturated carbocycles. The Labute approximate surface area is 62.9 Å². The molecule has 0 bridgehead atoms. The summed E-state index contributed by atoms with van der Waals surface area (Å²) in [6.07, 6.45) is 1.33. The number of fused-ring (bicyclic) bond motifs is 1. The number of rotatable bonds is 0. The summed E-state index contributed by atoms with van der Waals surface area (Å²) in [5.41, 5.74) is 0.411. The maximum atomic E-state index is 7.37. The first-order chi connectivity index (χ1) is 5.27. The van der Waals surface area contributed by atoms with Gasteiger partial charge in [-0.3, -0.25) is 0 Å². The monoisotopic (exact) mass is 155 g/mol. The smallest absolute Gasteiger partial charge is 0.176 e. The highest BCUT2D eigenvalue weighted by Gasteiger charge is 1.94. The van der Waals surface area contributed by atoms with Gasteiger partial charge in [0.05, 0.1) is 1.37 Å². The van der Waals surface area contributed by atoms with Gasteiger partial charge in [0.15, 0.2) is 10.8 Å². The second kappa shape index (κ2) is 1.91. The Morgan fingerprint density at radius 3 is 3.50 bits per heavy atom. The van der Waals surface area contributed by atoms with Crippen molar-refractivity contribution in [2.24, 2.45) is 0 Å². The van der Waals surface area contributed by atoms with Crippen molar-refractivity contribution in [2.75, 3.05) is 0 Å². The quantitative estimate of drug-likeness (QED) is 0.565. The molecule has 2 heterocycles. The van der Waals surface area contributed by atoms with Crippen LogP contribution >= 0.6 is 11.6 Å². The van der Waals surface area contributed by atoms with E-state index < -0.39 is 0 Å². The van der Waals surface area contributed by atoms with Crippen molar-refractivity contribution in [3.63, 3.8) is 0 Å². The maximum Gasteiger partial charge on any atom is 0.176 e. The Hall–Kier alpha value is -1.16. The van der Waals surface area contributed by atoms with Crippen molar-refractivity contribution in [1.82, 2.24) is 19.8 Å². The van der Waals surface area contributed by atoms with E-state index in [1.165, 1.54) is 17.0 Å². The van der Waals surface area contributed by atoms with E-state index in [0.717, 1.165) is 0 Å². The molecule has 0 spiro atoms. The molecule has 2 aromatic rings. The molecule has 0 aliphatic rings. The first-order valence-electron chi connectivity index (χ1n) is 3.10. The van der Waals surface area contributed by atoms with Gasteiger partial charge in [0.1, 0.15) is 6.33 Å². The molecule has 0 radical (unpaired) electrons. The van der Waals surface area contributed by atoms with Crippen LogP contribution in [0.1, 0.15) is 1.37 Å². The molecule has 0 aliphatic heterocycles. The highest BCUT2D eigenvalue weighted by atomic mass is 35.5. The van der Waals surface area contributed by atoms with Crippen molar-refractivity contribution in [3.8, 4) is 0 Å². The summed E-state index contributed by atoms with van der Waals surface area (Å²) in [5.74, 6) is 0. The second-order valence-electron chi connectivity index (χ2n) is 1.68. The van der Waals surface area contributed by atoms with E-state index in [4.69, 9.17) is 13.0 Å². The molecule has 2 aromatic heterocycles. The second-order valence-corrected chi connectivity index (χ2v) is 2.07. The summed E-state index contributed by atoms with van der Waals surface area (Å²) in [7, 11) is 0. The summed E-state index contributed by atoms with van der Waals surface area (Å²) >= 11 is 5.56. The SMILES string of the molecule is [2H]c1cc(Cl)nn2ncnc12. The van der Waals surface area contributed by atoms with Crippen LogP contribution in [0.15, 0.2) is 18.4 Å². The fourth-order valence-corrected chi connectivity index (χ4v) is 0.774. The minimum Gasteiger partial charge on any atom is -0.213 e. The Bertz CT molecular complexity index is 398. The van der Waals surface area contributed by atoms with Gasteiger partial charge < -0.3 is 0 Å². The van der Waals surface area contributed by atoms with Crippen LogP contribution in [0.25, 0.3) is 5.65 Å². The van der Waals surface area contributed by atoms with Gasteiger partial charge in [-0.15, -0.1) is 14.8 Å². The maximum absolute atomic E-state index is 7.37. The molecule has 0 N–H and O–H groups in total. The Balaban J connectivity index is 2.91. The minimum atomic E-state index is 0.225. The third kappa shape index (κ3) is 0.733. The molecule has 0 amide bonds. The van der Waals surface area contributed by atoms with Gasteiger partial charge >= 0.3 is 0 Å². The van der Waals surface area contributed by atoms with Gasteiger partial charge in [-0.1, -0.05) is 11.6 Å². The van der Waals surface area contributed by atoms with E-state index in [1.54, 1.807) is 0 Å². The van der Waals surface area contributed by atoms with Crippen LogP contribution in [0.4, 0.5) is 0 Å². The normalized spacial score (nSPS) is 11.9. The molecule has 2 rings (SSSR count). The van der Waals surface area contributed by atoms with Crippen LogP contribution in [0.2, 0.25) is 5.15 Å². The highest BCUT2D eigenvalue weighted by molar-refractivity contribution is 6.29. The van der Waals surface area contributed by atoms with E-state index in [1.807, 2.05) is 0 Å². The number of aromatic nitrogens is 4. The molecule has 0 saturated heterocycles. The van der Waals surface area contributed by atoms with Gasteiger partial charge in [0, 0.05) is 0 Å². The van der Waals surface area contributed by atoms with Crippen LogP contribution in [-0.2, 0) is 0 Å². The Kier molecular flexibility index (Phi) is 0.885. The average molecular weight is 156 g/mol. The van der Waals surface area contributed by atoms with Crippen molar-refractivity contribution >= 4 is 17.2 Å². The van der Waals surface area contributed by atoms with Crippen molar-refractivity contribution < 1.29 is 1.37 Å². The Morgan fingerprint density at radius 1 is 1.70 bits per heavy atom. The highest BCUT2D eigenvalue weighted by Crippen LogP contribution is 2.02. The van der Waals surface area contributed by atoms with Crippen LogP contribution in [0.5, 0.6) is 0 Å². The lowest BCUT2D eigenvalue weighted by molar-refractivity contribution is 0.800. The van der Waals surface area contributed by atoms with Gasteiger partial charge in [0.2, 0.25) is 0 Å². The molecular formula is C5H3ClN4. The van der Waals surface area contributed by atoms with Gasteiger partial charge in [-0.2, -0.15) is 0 Å². The zero-order valence-electron chi connectivity index (χ0n) is 5.82. The van der Waals surface area contributed by atoms with E-state index in [-0.39, 0.29) is 11.2 Å². The molecule has 0 unspecified atom stereocenters. The van der Waals surface area contributed by atoms with Crippen LogP contribution in [0, 0.1) is 0 Å². The zero-order chi connectivity index (χ0) is 7.84. The van der Waals surface area contributed by atoms with E-state index in [9.17, 15) is 0 Å². The van der Waals surface area contributed by atoms with Crippen LogP contribution < -0.4 is 0 Å². The molecule has 5 heteroatoms. The summed E-state index contributed by atoms with van der Waals surface area (Å²) in [6, 6.07) is 1.65. The molecular weight excluding hydrogens is 152 g/mol. The van der Waals surface area contributed by atoms with Crippen LogP contribution in [-0.4, -0.2) is 19.8 Å². The van der Waals surface area contributed by atoms with Crippen molar-refractivity contribution in [2.45, 2.75) is 0 Å². The van der Waals surface area contributed by atoms with Gasteiger partial charge in [-0.05, 0) is 12.1 Å². The molecule has 0 aliphatic carbocycles. The number of hydrogen-bond donors (Lipinski definition) is 0. The zero-order valence-corrected chi connectivity index (χ0v) is 5.58. The largest absolute Gasteiger partial charge is 0.213 e. The van der Waals surface area contributed by atoms with Gasteiger partial charge in [0.25, 0.3) is 0 Å². The first-order valence-corrected chi connectivity index (χ1v) is 2.98. The van der Waals surface area contributed by atoms with Crippen molar-refractivity contribution in [1.29, 1.82) is 0 Å². The van der Waals surface area contributed by atoms with Crippen LogP contribution in [0.3, 0.4) is 0 Å². The number of halogens is 1. The molecule has 10 heavy (non-hydrogen) atoms. The summed E-state index contributed by atoms with van der Waals surface area (Å²) in [6.45, 7) is 0. The lowest BCUT2D eigenvalue weighted by atomic mass is 10.6. The third-order valence-corrected chi connectivity index (χ3v) is 1.23. The molecule has 50 valence electrons. The third-order valence-electron chi connectivity index (χ3n) is 1.04. The predicted octanol–water partition coefficient (Wildman–Crippen LogP) is 0.778. The minimum absolute atomic E-state index is 0.225. The first kappa shape index (κ1) is 4.62. The van der Waals surface area contributed by atoms with E-state index in [0.29, 0.717) is 5.65 Å². The molecule has 0 atom stereocenters. The average Bonchev–Trinajstić information content (AvgIpc) is 2.34. The Morgan fingerprint density at radius 2 is 2.60 bits per heavy atom. The summed E-state index contributed by atoms with van der Waals surface area (Å²) in [5, 5.41) is 7.76. The molecule has 0 aromatic carbocycles. The lowest BCUT2D eigenvalue weighted by Crippen LogP contribution is -1.92. The standard InChI is InChI=1S/C5H3ClN4/c6-4-1-2-5-7-3-8-10(5)9-4/h1-3H/i2D. The molecule has 4 nitrogen and oxygen atoms in total. The lowest BCUT2D eigenvalue weighted by Gasteiger charge is -1.88. The fourth-order valence-electron chi connectivity index (χ4n) is 0.647. The number of hydrogen-bond acceptors (Lipinski definition) is 3.